The minimum absolute atomic E-state index is 0.0344. The van der Waals surface area contributed by atoms with E-state index in [9.17, 15) is 29.2 Å². The lowest BCUT2D eigenvalue weighted by Crippen LogP contribution is -2.46. The van der Waals surface area contributed by atoms with Gasteiger partial charge in [0.1, 0.15) is 29.1 Å². The number of fused-ring (bicyclic) bond motifs is 5. The molecule has 0 unspecified atom stereocenters. The molecule has 9 N–H and O–H groups in total. The number of hydrogen-bond acceptors (Lipinski definition) is 15. The number of ether oxygens (including phenoxy) is 3. The molecule has 17 heteroatoms. The fourth-order valence-corrected chi connectivity index (χ4v) is 9.46. The number of benzene rings is 3. The number of carbonyl (C=O) groups excluding carboxylic acids is 5. The Morgan fingerprint density at radius 1 is 0.861 bits per heavy atom. The molecular weight excluding hydrogens is 915 g/mol. The van der Waals surface area contributed by atoms with Gasteiger partial charge >= 0.3 is 0 Å². The van der Waals surface area contributed by atoms with Gasteiger partial charge in [0.15, 0.2) is 23.2 Å². The zero-order chi connectivity index (χ0) is 51.7. The van der Waals surface area contributed by atoms with Crippen LogP contribution in [0.4, 0.5) is 5.82 Å². The van der Waals surface area contributed by atoms with Gasteiger partial charge in [-0.2, -0.15) is 5.26 Å². The van der Waals surface area contributed by atoms with Gasteiger partial charge in [-0.15, -0.1) is 0 Å². The third-order valence-electron chi connectivity index (χ3n) is 13.4. The summed E-state index contributed by atoms with van der Waals surface area (Å²) in [5.74, 6) is -2.29. The van der Waals surface area contributed by atoms with Gasteiger partial charge in [-0.05, 0) is 138 Å². The number of nitrogens with zero attached hydrogens (tertiary/aromatic N) is 4. The highest BCUT2D eigenvalue weighted by Crippen LogP contribution is 2.41. The van der Waals surface area contributed by atoms with Crippen molar-refractivity contribution in [2.45, 2.75) is 122 Å². The highest BCUT2D eigenvalue weighted by molar-refractivity contribution is 6.03. The lowest BCUT2D eigenvalue weighted by Gasteiger charge is -2.32. The molecule has 0 spiro atoms. The molecule has 0 radical (unpaired) electrons. The summed E-state index contributed by atoms with van der Waals surface area (Å²) >= 11 is 0. The molecule has 72 heavy (non-hydrogen) atoms. The molecule has 17 nitrogen and oxygen atoms in total. The van der Waals surface area contributed by atoms with Crippen molar-refractivity contribution >= 4 is 35.0 Å². The third-order valence-corrected chi connectivity index (χ3v) is 13.4. The van der Waals surface area contributed by atoms with Crippen LogP contribution >= 0.6 is 0 Å². The minimum atomic E-state index is -1.26. The number of anilines is 1. The van der Waals surface area contributed by atoms with E-state index in [0.717, 1.165) is 31.4 Å². The number of amides is 2. The van der Waals surface area contributed by atoms with E-state index in [4.69, 9.17) is 37.1 Å². The van der Waals surface area contributed by atoms with Crippen LogP contribution in [0.2, 0.25) is 0 Å². The van der Waals surface area contributed by atoms with Crippen molar-refractivity contribution in [2.75, 3.05) is 45.6 Å². The van der Waals surface area contributed by atoms with E-state index in [-0.39, 0.29) is 74.9 Å². The van der Waals surface area contributed by atoms with Gasteiger partial charge in [0.2, 0.25) is 11.8 Å². The molecular formula is C55H71N9O8. The number of nitrogens with two attached hydrogens (primary N) is 4. The number of rotatable bonds is 21. The topological polar surface area (TPSA) is 282 Å². The van der Waals surface area contributed by atoms with Gasteiger partial charge in [0, 0.05) is 61.3 Å². The summed E-state index contributed by atoms with van der Waals surface area (Å²) in [6.07, 6.45) is 7.59. The van der Waals surface area contributed by atoms with Crippen LogP contribution in [0, 0.1) is 30.1 Å². The predicted molar refractivity (Wildman–Crippen MR) is 275 cm³/mol. The second-order valence-electron chi connectivity index (χ2n) is 18.9. The summed E-state index contributed by atoms with van der Waals surface area (Å²) in [6, 6.07) is 17.9. The maximum absolute atomic E-state index is 14.9. The van der Waals surface area contributed by atoms with Gasteiger partial charge in [-0.1, -0.05) is 31.9 Å². The van der Waals surface area contributed by atoms with E-state index < -0.39 is 47.3 Å². The third kappa shape index (κ3) is 14.2. The lowest BCUT2D eigenvalue weighted by molar-refractivity contribution is -0.142. The first-order valence-electron chi connectivity index (χ1n) is 25.3. The Labute approximate surface area is 422 Å². The van der Waals surface area contributed by atoms with Gasteiger partial charge in [-0.25, -0.2) is 9.97 Å². The fraction of sp³-hybridized carbons (Fsp3) is 0.491. The number of nitriles is 1. The SMILES string of the molecule is Cc1nc(-c2ccc(OC3CCCCCC3)cc2)nc(N)c1C(=O)C[C@@H](CCN)C(=O)N(C)[C@@H]1C(=O)C[C@@H](C)C(=O)N[C@H](C(=O)CCC#N)Cc2ccc(OCCCN)c(c2)-c2cc1ccc2OCCCN. The highest BCUT2D eigenvalue weighted by atomic mass is 16.5. The molecule has 2 aliphatic rings. The van der Waals surface area contributed by atoms with Gasteiger partial charge in [0.25, 0.3) is 0 Å². The molecule has 384 valence electrons. The molecule has 0 saturated heterocycles. The molecule has 1 saturated carbocycles. The van der Waals surface area contributed by atoms with E-state index in [0.29, 0.717) is 83.4 Å². The number of carbonyl (C=O) groups is 5. The van der Waals surface area contributed by atoms with Crippen LogP contribution in [-0.2, 0) is 25.6 Å². The Hall–Kier alpha value is -6.74. The van der Waals surface area contributed by atoms with Crippen molar-refractivity contribution in [1.82, 2.24) is 20.2 Å². The summed E-state index contributed by atoms with van der Waals surface area (Å²) in [6.45, 7) is 4.65. The average Bonchev–Trinajstić information content (AvgIpc) is 3.64. The minimum Gasteiger partial charge on any atom is -0.493 e. The normalized spacial score (nSPS) is 17.9. The van der Waals surface area contributed by atoms with Crippen molar-refractivity contribution in [3.8, 4) is 45.8 Å². The molecule has 3 aromatic carbocycles. The number of aryl methyl sites for hydroxylation is 1. The van der Waals surface area contributed by atoms with E-state index in [2.05, 4.69) is 15.3 Å². The molecule has 1 fully saturated rings. The fourth-order valence-electron chi connectivity index (χ4n) is 9.46. The van der Waals surface area contributed by atoms with Crippen LogP contribution in [0.3, 0.4) is 0 Å². The number of ketones is 3. The Morgan fingerprint density at radius 2 is 1.51 bits per heavy atom. The van der Waals surface area contributed by atoms with Crippen LogP contribution in [0.25, 0.3) is 22.5 Å². The Balaban J connectivity index is 1.34. The van der Waals surface area contributed by atoms with Crippen LogP contribution in [0.15, 0.2) is 60.7 Å². The summed E-state index contributed by atoms with van der Waals surface area (Å²) in [7, 11) is 1.49. The van der Waals surface area contributed by atoms with E-state index in [1.165, 1.54) is 24.8 Å². The van der Waals surface area contributed by atoms with Crippen molar-refractivity contribution in [1.29, 1.82) is 5.26 Å². The Bertz CT molecular complexity index is 2550. The second-order valence-corrected chi connectivity index (χ2v) is 18.9. The van der Waals surface area contributed by atoms with Crippen LogP contribution in [0.1, 0.15) is 124 Å². The molecule has 1 aromatic heterocycles. The number of nitrogen functional groups attached to an aromatic ring is 1. The largest absolute Gasteiger partial charge is 0.493 e. The molecule has 4 bridgehead atoms. The smallest absolute Gasteiger partial charge is 0.226 e. The number of likely N-dealkylation sites (N-methyl/N-ethyl adjacent to an activating group) is 1. The molecule has 1 aliphatic heterocycles. The molecule has 4 atom stereocenters. The Morgan fingerprint density at radius 3 is 2.14 bits per heavy atom. The summed E-state index contributed by atoms with van der Waals surface area (Å²) in [4.78, 5) is 82.1. The molecule has 6 rings (SSSR count). The maximum Gasteiger partial charge on any atom is 0.226 e. The number of Topliss-reactive ketones (excluding diaryl/α,β-unsaturated/α-hetero) is 3. The first-order valence-corrected chi connectivity index (χ1v) is 25.3. The molecule has 2 heterocycles. The van der Waals surface area contributed by atoms with Crippen molar-refractivity contribution < 1.29 is 38.2 Å². The number of nitrogens with one attached hydrogen (secondary N) is 1. The first kappa shape index (κ1) is 54.6. The average molecular weight is 986 g/mol. The Kier molecular flexibility index (Phi) is 20.2. The second kappa shape index (κ2) is 26.6. The number of hydrogen-bond donors (Lipinski definition) is 5. The molecule has 4 aromatic rings. The van der Waals surface area contributed by atoms with E-state index in [1.807, 2.05) is 42.5 Å². The first-order chi connectivity index (χ1) is 34.8. The standard InChI is InChI=1S/C55H71N9O8/c1-34-29-47(67)51(38-17-21-49(71-28-10-25-58)43(32-38)42-30-36(14-20-48(42)70-27-9-24-57)31-44(62-54(34)68)45(65)13-8-23-56)64(3)55(69)39(22-26-59)33-46(66)50-35(2)61-53(63-52(50)60)37-15-18-41(19-16-37)72-40-11-6-4-5-7-12-40/h14-21,30,32,34,39-40,44,51H,4-13,22,24-29,31,33,57-59H2,1-3H3,(H,62,68)(H2,60,61,63)/t34-,39-,44+,51+/m1/s1. The van der Waals surface area contributed by atoms with E-state index in [1.54, 1.807) is 38.1 Å². The quantitative estimate of drug-likeness (QED) is 0.0338. The van der Waals surface area contributed by atoms with Gasteiger partial charge in [-0.3, -0.25) is 24.0 Å². The van der Waals surface area contributed by atoms with Crippen LogP contribution < -0.4 is 42.5 Å². The monoisotopic (exact) mass is 986 g/mol. The van der Waals surface area contributed by atoms with Gasteiger partial charge < -0.3 is 47.4 Å². The summed E-state index contributed by atoms with van der Waals surface area (Å²) in [5, 5.41) is 12.2. The van der Waals surface area contributed by atoms with Crippen molar-refractivity contribution in [3.63, 3.8) is 0 Å². The number of aromatic nitrogens is 2. The zero-order valence-electron chi connectivity index (χ0n) is 42.0. The lowest BCUT2D eigenvalue weighted by atomic mass is 9.88. The summed E-state index contributed by atoms with van der Waals surface area (Å²) < 4.78 is 18.9. The highest BCUT2D eigenvalue weighted by Gasteiger charge is 2.37. The van der Waals surface area contributed by atoms with Crippen molar-refractivity contribution in [2.24, 2.45) is 29.0 Å². The molecule has 1 aliphatic carbocycles. The van der Waals surface area contributed by atoms with E-state index >= 15 is 0 Å². The van der Waals surface area contributed by atoms with Crippen molar-refractivity contribution in [3.05, 3.63) is 83.0 Å². The maximum atomic E-state index is 14.9. The zero-order valence-corrected chi connectivity index (χ0v) is 42.0. The van der Waals surface area contributed by atoms with Crippen LogP contribution in [-0.4, -0.2) is 96.1 Å². The predicted octanol–water partition coefficient (Wildman–Crippen LogP) is 6.50. The molecule has 2 amide bonds. The summed E-state index contributed by atoms with van der Waals surface area (Å²) in [5.41, 5.74) is 27.6. The van der Waals surface area contributed by atoms with Crippen LogP contribution in [0.5, 0.6) is 17.2 Å². The van der Waals surface area contributed by atoms with Gasteiger partial charge in [0.05, 0.1) is 42.7 Å².